The molecule has 0 aliphatic carbocycles. The second kappa shape index (κ2) is 8.02. The first-order chi connectivity index (χ1) is 12.3. The van der Waals surface area contributed by atoms with Gasteiger partial charge in [-0.2, -0.15) is 5.26 Å². The van der Waals surface area contributed by atoms with Gasteiger partial charge in [-0.05, 0) is 50.6 Å². The number of para-hydroxylation sites is 1. The fourth-order valence-electron chi connectivity index (χ4n) is 2.46. The molecule has 0 fully saturated rings. The van der Waals surface area contributed by atoms with Crippen LogP contribution in [0, 0.1) is 18.3 Å². The molecule has 0 amide bonds. The van der Waals surface area contributed by atoms with E-state index in [1.807, 2.05) is 6.07 Å². The SMILES string of the molecule is CCN(c1ccccc1)S(=O)(=O)c1cc(C(=O)O[C@H](C)C#N)ccc1C. The Morgan fingerprint density at radius 3 is 2.46 bits per heavy atom. The number of aryl methyl sites for hydroxylation is 1. The van der Waals surface area contributed by atoms with Crippen LogP contribution in [-0.2, 0) is 14.8 Å². The number of esters is 1. The molecule has 2 rings (SSSR count). The first-order valence-electron chi connectivity index (χ1n) is 8.10. The highest BCUT2D eigenvalue weighted by atomic mass is 32.2. The third-order valence-corrected chi connectivity index (χ3v) is 5.83. The van der Waals surface area contributed by atoms with Crippen LogP contribution < -0.4 is 4.31 Å². The van der Waals surface area contributed by atoms with Crippen molar-refractivity contribution in [3.05, 3.63) is 59.7 Å². The van der Waals surface area contributed by atoms with Crippen molar-refractivity contribution in [2.45, 2.75) is 31.8 Å². The Morgan fingerprint density at radius 1 is 1.23 bits per heavy atom. The van der Waals surface area contributed by atoms with Gasteiger partial charge in [0.05, 0.1) is 16.1 Å². The summed E-state index contributed by atoms with van der Waals surface area (Å²) in [5.41, 5.74) is 1.14. The summed E-state index contributed by atoms with van der Waals surface area (Å²) in [6, 6.07) is 14.9. The Balaban J connectivity index is 2.47. The van der Waals surface area contributed by atoms with Gasteiger partial charge in [-0.25, -0.2) is 13.2 Å². The molecule has 2 aromatic rings. The van der Waals surface area contributed by atoms with Gasteiger partial charge in [-0.3, -0.25) is 4.31 Å². The molecule has 2 aromatic carbocycles. The maximum Gasteiger partial charge on any atom is 0.339 e. The molecule has 0 heterocycles. The van der Waals surface area contributed by atoms with E-state index in [4.69, 9.17) is 10.00 Å². The van der Waals surface area contributed by atoms with Gasteiger partial charge in [0, 0.05) is 6.54 Å². The first-order valence-corrected chi connectivity index (χ1v) is 9.54. The molecule has 0 spiro atoms. The van der Waals surface area contributed by atoms with E-state index in [1.165, 1.54) is 23.4 Å². The lowest BCUT2D eigenvalue weighted by Crippen LogP contribution is -2.31. The molecule has 0 bridgehead atoms. The number of hydrogen-bond acceptors (Lipinski definition) is 5. The summed E-state index contributed by atoms with van der Waals surface area (Å²) in [5, 5.41) is 8.76. The van der Waals surface area contributed by atoms with Crippen LogP contribution in [-0.4, -0.2) is 27.0 Å². The Morgan fingerprint density at radius 2 is 1.88 bits per heavy atom. The number of nitriles is 1. The number of rotatable bonds is 6. The summed E-state index contributed by atoms with van der Waals surface area (Å²) >= 11 is 0. The van der Waals surface area contributed by atoms with Gasteiger partial charge in [0.2, 0.25) is 0 Å². The number of nitrogens with zero attached hydrogens (tertiary/aromatic N) is 2. The summed E-state index contributed by atoms with van der Waals surface area (Å²) in [7, 11) is -3.86. The van der Waals surface area contributed by atoms with E-state index < -0.39 is 22.1 Å². The second-order valence-electron chi connectivity index (χ2n) is 5.66. The minimum Gasteiger partial charge on any atom is -0.444 e. The maximum atomic E-state index is 13.2. The predicted octanol–water partition coefficient (Wildman–Crippen LogP) is 3.28. The number of ether oxygens (including phenoxy) is 1. The van der Waals surface area contributed by atoms with Crippen molar-refractivity contribution in [1.82, 2.24) is 0 Å². The second-order valence-corrected chi connectivity index (χ2v) is 7.49. The van der Waals surface area contributed by atoms with Gasteiger partial charge in [-0.1, -0.05) is 24.3 Å². The van der Waals surface area contributed by atoms with E-state index in [9.17, 15) is 13.2 Å². The van der Waals surface area contributed by atoms with E-state index in [1.54, 1.807) is 50.2 Å². The molecule has 136 valence electrons. The first kappa shape index (κ1) is 19.5. The fraction of sp³-hybridized carbons (Fsp3) is 0.263. The third kappa shape index (κ3) is 4.03. The van der Waals surface area contributed by atoms with Gasteiger partial charge in [-0.15, -0.1) is 0 Å². The van der Waals surface area contributed by atoms with Gasteiger partial charge >= 0.3 is 5.97 Å². The van der Waals surface area contributed by atoms with Crippen molar-refractivity contribution in [1.29, 1.82) is 5.26 Å². The van der Waals surface area contributed by atoms with E-state index in [-0.39, 0.29) is 17.0 Å². The summed E-state index contributed by atoms with van der Waals surface area (Å²) in [4.78, 5) is 12.2. The van der Waals surface area contributed by atoms with Gasteiger partial charge in [0.15, 0.2) is 6.10 Å². The molecule has 7 heteroatoms. The summed E-state index contributed by atoms with van der Waals surface area (Å²) in [5.74, 6) is -0.738. The molecule has 6 nitrogen and oxygen atoms in total. The maximum absolute atomic E-state index is 13.2. The van der Waals surface area contributed by atoms with Gasteiger partial charge in [0.25, 0.3) is 10.0 Å². The number of carbonyl (C=O) groups is 1. The van der Waals surface area contributed by atoms with Crippen LogP contribution in [0.2, 0.25) is 0 Å². The molecular formula is C19H20N2O4S. The Bertz CT molecular complexity index is 934. The van der Waals surface area contributed by atoms with Gasteiger partial charge < -0.3 is 4.74 Å². The summed E-state index contributed by atoms with van der Waals surface area (Å²) in [6.45, 7) is 5.09. The zero-order valence-electron chi connectivity index (χ0n) is 14.8. The van der Waals surface area contributed by atoms with Crippen molar-refractivity contribution < 1.29 is 17.9 Å². The molecule has 0 saturated carbocycles. The molecule has 0 unspecified atom stereocenters. The molecule has 1 atom stereocenters. The monoisotopic (exact) mass is 372 g/mol. The quantitative estimate of drug-likeness (QED) is 0.726. The molecular weight excluding hydrogens is 352 g/mol. The van der Waals surface area contributed by atoms with Crippen LogP contribution in [0.15, 0.2) is 53.4 Å². The van der Waals surface area contributed by atoms with Crippen LogP contribution in [0.3, 0.4) is 0 Å². The number of hydrogen-bond donors (Lipinski definition) is 0. The Labute approximate surface area is 153 Å². The predicted molar refractivity (Wildman–Crippen MR) is 98.3 cm³/mol. The lowest BCUT2D eigenvalue weighted by Gasteiger charge is -2.24. The van der Waals surface area contributed by atoms with E-state index >= 15 is 0 Å². The lowest BCUT2D eigenvalue weighted by molar-refractivity contribution is 0.0435. The third-order valence-electron chi connectivity index (χ3n) is 3.79. The number of sulfonamides is 1. The van der Waals surface area contributed by atoms with Crippen molar-refractivity contribution in [3.8, 4) is 6.07 Å². The highest BCUT2D eigenvalue weighted by Gasteiger charge is 2.26. The van der Waals surface area contributed by atoms with Crippen molar-refractivity contribution in [2.75, 3.05) is 10.8 Å². The Kier molecular flexibility index (Phi) is 6.01. The zero-order valence-corrected chi connectivity index (χ0v) is 15.7. The van der Waals surface area contributed by atoms with Crippen molar-refractivity contribution >= 4 is 21.7 Å². The van der Waals surface area contributed by atoms with Gasteiger partial charge in [0.1, 0.15) is 6.07 Å². The standard InChI is InChI=1S/C19H20N2O4S/c1-4-21(17-8-6-5-7-9-17)26(23,24)18-12-16(11-10-14(18)2)19(22)25-15(3)13-20/h5-12,15H,4H2,1-3H3/t15-/m1/s1. The largest absolute Gasteiger partial charge is 0.444 e. The fourth-order valence-corrected chi connectivity index (χ4v) is 4.19. The molecule has 0 aromatic heterocycles. The van der Waals surface area contributed by atoms with Crippen molar-refractivity contribution in [2.24, 2.45) is 0 Å². The smallest absolute Gasteiger partial charge is 0.339 e. The minimum absolute atomic E-state index is 0.0299. The topological polar surface area (TPSA) is 87.5 Å². The highest BCUT2D eigenvalue weighted by molar-refractivity contribution is 7.92. The van der Waals surface area contributed by atoms with Crippen LogP contribution >= 0.6 is 0 Å². The molecule has 0 aliphatic rings. The van der Waals surface area contributed by atoms with Crippen LogP contribution in [0.4, 0.5) is 5.69 Å². The number of carbonyl (C=O) groups excluding carboxylic acids is 1. The average Bonchev–Trinajstić information content (AvgIpc) is 2.63. The van der Waals surface area contributed by atoms with Crippen LogP contribution in [0.5, 0.6) is 0 Å². The normalized spacial score (nSPS) is 12.1. The van der Waals surface area contributed by atoms with E-state index in [2.05, 4.69) is 0 Å². The summed E-state index contributed by atoms with van der Waals surface area (Å²) < 4.78 is 32.6. The average molecular weight is 372 g/mol. The van der Waals surface area contributed by atoms with Crippen molar-refractivity contribution in [3.63, 3.8) is 0 Å². The molecule has 26 heavy (non-hydrogen) atoms. The molecule has 0 radical (unpaired) electrons. The zero-order chi connectivity index (χ0) is 19.3. The van der Waals surface area contributed by atoms with E-state index in [0.29, 0.717) is 11.3 Å². The Hall–Kier alpha value is -2.85. The molecule has 0 saturated heterocycles. The van der Waals surface area contributed by atoms with Crippen LogP contribution in [0.25, 0.3) is 0 Å². The summed E-state index contributed by atoms with van der Waals surface area (Å²) in [6.07, 6.45) is -0.916. The highest BCUT2D eigenvalue weighted by Crippen LogP contribution is 2.26. The van der Waals surface area contributed by atoms with E-state index in [0.717, 1.165) is 0 Å². The molecule has 0 aliphatic heterocycles. The lowest BCUT2D eigenvalue weighted by atomic mass is 10.1. The molecule has 0 N–H and O–H groups in total. The van der Waals surface area contributed by atoms with Crippen LogP contribution in [0.1, 0.15) is 29.8 Å². The minimum atomic E-state index is -3.86. The number of benzene rings is 2. The number of anilines is 1.